The quantitative estimate of drug-likeness (QED) is 0.728. The Morgan fingerprint density at radius 3 is 2.64 bits per heavy atom. The van der Waals surface area contributed by atoms with E-state index < -0.39 is 6.04 Å². The van der Waals surface area contributed by atoms with Gasteiger partial charge in [0.25, 0.3) is 0 Å². The molecule has 1 aromatic rings. The Kier molecular flexibility index (Phi) is 7.25. The van der Waals surface area contributed by atoms with Crippen LogP contribution in [0.2, 0.25) is 0 Å². The van der Waals surface area contributed by atoms with Crippen LogP contribution in [0.4, 0.5) is 0 Å². The van der Waals surface area contributed by atoms with Gasteiger partial charge >= 0.3 is 0 Å². The molecule has 0 radical (unpaired) electrons. The lowest BCUT2D eigenvalue weighted by atomic mass is 10.1. The van der Waals surface area contributed by atoms with E-state index in [2.05, 4.69) is 5.32 Å². The minimum atomic E-state index is -0.489. The van der Waals surface area contributed by atoms with E-state index in [1.54, 1.807) is 12.0 Å². The minimum Gasteiger partial charge on any atom is -0.488 e. The van der Waals surface area contributed by atoms with Crippen molar-refractivity contribution in [2.45, 2.75) is 38.8 Å². The molecule has 2 atom stereocenters. The highest BCUT2D eigenvalue weighted by atomic mass is 16.5. The summed E-state index contributed by atoms with van der Waals surface area (Å²) >= 11 is 0. The molecule has 0 aliphatic carbocycles. The smallest absolute Gasteiger partial charge is 0.243 e. The van der Waals surface area contributed by atoms with E-state index in [0.717, 1.165) is 5.75 Å². The van der Waals surface area contributed by atoms with E-state index in [4.69, 9.17) is 9.47 Å². The number of carbonyl (C=O) groups is 2. The second-order valence-electron chi connectivity index (χ2n) is 6.73. The van der Waals surface area contributed by atoms with Gasteiger partial charge in [-0.1, -0.05) is 32.0 Å². The molecule has 0 aromatic heterocycles. The third kappa shape index (κ3) is 5.74. The van der Waals surface area contributed by atoms with E-state index in [-0.39, 0.29) is 23.8 Å². The van der Waals surface area contributed by atoms with E-state index in [0.29, 0.717) is 32.5 Å². The average Bonchev–Trinajstić information content (AvgIpc) is 2.99. The lowest BCUT2D eigenvalue weighted by Gasteiger charge is -2.24. The third-order valence-corrected chi connectivity index (χ3v) is 4.12. The number of para-hydroxylation sites is 1. The summed E-state index contributed by atoms with van der Waals surface area (Å²) in [6.07, 6.45) is 0.744. The van der Waals surface area contributed by atoms with Crippen LogP contribution >= 0.6 is 0 Å². The Balaban J connectivity index is 2.04. The normalized spacial score (nSPS) is 19.9. The van der Waals surface area contributed by atoms with Gasteiger partial charge in [0.15, 0.2) is 0 Å². The zero-order valence-electron chi connectivity index (χ0n) is 15.2. The van der Waals surface area contributed by atoms with Gasteiger partial charge in [0.1, 0.15) is 17.9 Å². The first-order valence-electron chi connectivity index (χ1n) is 8.79. The number of hydrogen-bond acceptors (Lipinski definition) is 4. The fourth-order valence-electron chi connectivity index (χ4n) is 2.96. The molecule has 1 aromatic carbocycles. The van der Waals surface area contributed by atoms with Crippen molar-refractivity contribution < 1.29 is 19.1 Å². The predicted octanol–water partition coefficient (Wildman–Crippen LogP) is 1.84. The molecule has 1 heterocycles. The van der Waals surface area contributed by atoms with Crippen molar-refractivity contribution in [3.05, 3.63) is 30.3 Å². The lowest BCUT2D eigenvalue weighted by Crippen LogP contribution is -2.46. The molecule has 1 aliphatic rings. The maximum atomic E-state index is 12.6. The first-order chi connectivity index (χ1) is 12.0. The number of nitrogens with zero attached hydrogens (tertiary/aromatic N) is 1. The average molecular weight is 348 g/mol. The Bertz CT molecular complexity index is 562. The number of likely N-dealkylation sites (tertiary alicyclic amines) is 1. The Morgan fingerprint density at radius 1 is 1.28 bits per heavy atom. The van der Waals surface area contributed by atoms with Gasteiger partial charge < -0.3 is 19.7 Å². The fourth-order valence-corrected chi connectivity index (χ4v) is 2.96. The number of methoxy groups -OCH3 is 1. The molecule has 1 saturated heterocycles. The highest BCUT2D eigenvalue weighted by Crippen LogP contribution is 2.24. The molecule has 0 spiro atoms. The van der Waals surface area contributed by atoms with Crippen molar-refractivity contribution in [2.24, 2.45) is 5.92 Å². The number of nitrogens with one attached hydrogen (secondary N) is 1. The summed E-state index contributed by atoms with van der Waals surface area (Å²) in [5.41, 5.74) is 0. The van der Waals surface area contributed by atoms with Crippen LogP contribution in [0, 0.1) is 5.92 Å². The van der Waals surface area contributed by atoms with Gasteiger partial charge in [-0.25, -0.2) is 0 Å². The van der Waals surface area contributed by atoms with Crippen molar-refractivity contribution in [2.75, 3.05) is 26.8 Å². The number of rotatable bonds is 8. The fraction of sp³-hybridized carbons (Fsp3) is 0.579. The van der Waals surface area contributed by atoms with E-state index in [1.807, 2.05) is 44.2 Å². The molecule has 0 unspecified atom stereocenters. The second kappa shape index (κ2) is 9.42. The van der Waals surface area contributed by atoms with Crippen molar-refractivity contribution in [3.8, 4) is 5.75 Å². The molecular weight excluding hydrogens is 320 g/mol. The summed E-state index contributed by atoms with van der Waals surface area (Å²) in [7, 11) is 1.59. The van der Waals surface area contributed by atoms with Gasteiger partial charge in [0.05, 0.1) is 13.2 Å². The molecule has 1 N–H and O–H groups in total. The van der Waals surface area contributed by atoms with Gasteiger partial charge in [-0.2, -0.15) is 0 Å². The van der Waals surface area contributed by atoms with Crippen LogP contribution in [-0.4, -0.2) is 55.7 Å². The van der Waals surface area contributed by atoms with Crippen molar-refractivity contribution >= 4 is 11.8 Å². The van der Waals surface area contributed by atoms with Crippen LogP contribution in [0.25, 0.3) is 0 Å². The molecule has 1 aliphatic heterocycles. The van der Waals surface area contributed by atoms with Crippen LogP contribution in [0.15, 0.2) is 30.3 Å². The number of hydrogen-bond donors (Lipinski definition) is 1. The maximum absolute atomic E-state index is 12.6. The largest absolute Gasteiger partial charge is 0.488 e. The highest BCUT2D eigenvalue weighted by molar-refractivity contribution is 5.88. The highest BCUT2D eigenvalue weighted by Gasteiger charge is 2.40. The molecule has 0 bridgehead atoms. The molecular formula is C19H28N2O4. The molecule has 1 fully saturated rings. The summed E-state index contributed by atoms with van der Waals surface area (Å²) in [6, 6.07) is 9.00. The van der Waals surface area contributed by atoms with Crippen molar-refractivity contribution in [1.29, 1.82) is 0 Å². The SMILES string of the molecule is COCCNC(=O)[C@@H]1C[C@H](Oc2ccccc2)CN1C(=O)CC(C)C. The van der Waals surface area contributed by atoms with E-state index >= 15 is 0 Å². The zero-order chi connectivity index (χ0) is 18.2. The second-order valence-corrected chi connectivity index (χ2v) is 6.73. The summed E-state index contributed by atoms with van der Waals surface area (Å²) < 4.78 is 10.9. The van der Waals surface area contributed by atoms with Gasteiger partial charge in [-0.05, 0) is 18.1 Å². The molecule has 0 saturated carbocycles. The molecule has 25 heavy (non-hydrogen) atoms. The maximum Gasteiger partial charge on any atom is 0.243 e. The Morgan fingerprint density at radius 2 is 2.00 bits per heavy atom. The zero-order valence-corrected chi connectivity index (χ0v) is 15.2. The van der Waals surface area contributed by atoms with Crippen LogP contribution in [0.3, 0.4) is 0 Å². The summed E-state index contributed by atoms with van der Waals surface area (Å²) in [6.45, 7) is 5.31. The van der Waals surface area contributed by atoms with Gasteiger partial charge in [0.2, 0.25) is 11.8 Å². The number of ether oxygens (including phenoxy) is 2. The van der Waals surface area contributed by atoms with Crippen LogP contribution in [-0.2, 0) is 14.3 Å². The van der Waals surface area contributed by atoms with E-state index in [1.165, 1.54) is 0 Å². The van der Waals surface area contributed by atoms with Gasteiger partial charge in [0, 0.05) is 26.5 Å². The predicted molar refractivity (Wildman–Crippen MR) is 95.3 cm³/mol. The number of amides is 2. The first-order valence-corrected chi connectivity index (χ1v) is 8.79. The van der Waals surface area contributed by atoms with Crippen LogP contribution in [0.5, 0.6) is 5.75 Å². The molecule has 6 nitrogen and oxygen atoms in total. The Hall–Kier alpha value is -2.08. The number of carbonyl (C=O) groups excluding carboxylic acids is 2. The minimum absolute atomic E-state index is 0.000975. The first kappa shape index (κ1) is 19.2. The molecule has 6 heteroatoms. The lowest BCUT2D eigenvalue weighted by molar-refractivity contribution is -0.139. The summed E-state index contributed by atoms with van der Waals surface area (Å²) in [5, 5.41) is 2.83. The molecule has 2 amide bonds. The Labute approximate surface area is 149 Å². The molecule has 2 rings (SSSR count). The monoisotopic (exact) mass is 348 g/mol. The van der Waals surface area contributed by atoms with Crippen LogP contribution in [0.1, 0.15) is 26.7 Å². The molecule has 138 valence electrons. The summed E-state index contributed by atoms with van der Waals surface area (Å²) in [5.74, 6) is 0.859. The number of benzene rings is 1. The van der Waals surface area contributed by atoms with Crippen molar-refractivity contribution in [1.82, 2.24) is 10.2 Å². The van der Waals surface area contributed by atoms with E-state index in [9.17, 15) is 9.59 Å². The third-order valence-electron chi connectivity index (χ3n) is 4.12. The standard InChI is InChI=1S/C19H28N2O4/c1-14(2)11-18(22)21-13-16(25-15-7-5-4-6-8-15)12-17(21)19(23)20-9-10-24-3/h4-8,14,16-17H,9-13H2,1-3H3,(H,20,23)/t16-,17-/m0/s1. The van der Waals surface area contributed by atoms with Gasteiger partial charge in [-0.3, -0.25) is 9.59 Å². The van der Waals surface area contributed by atoms with Crippen molar-refractivity contribution in [3.63, 3.8) is 0 Å². The topological polar surface area (TPSA) is 67.9 Å². The van der Waals surface area contributed by atoms with Gasteiger partial charge in [-0.15, -0.1) is 0 Å². The van der Waals surface area contributed by atoms with Crippen LogP contribution < -0.4 is 10.1 Å². The summed E-state index contributed by atoms with van der Waals surface area (Å²) in [4.78, 5) is 26.7.